The van der Waals surface area contributed by atoms with Gasteiger partial charge in [-0.25, -0.2) is 3.53 Å². The Morgan fingerprint density at radius 1 is 1.17 bits per heavy atom. The SMILES string of the molecule is CCOC(C)(OCC)OCNI. The van der Waals surface area contributed by atoms with Crippen LogP contribution in [0.3, 0.4) is 0 Å². The maximum atomic E-state index is 5.30. The molecule has 0 rings (SSSR count). The van der Waals surface area contributed by atoms with Gasteiger partial charge in [-0.1, -0.05) is 0 Å². The molecule has 0 saturated carbocycles. The van der Waals surface area contributed by atoms with Gasteiger partial charge in [0.25, 0.3) is 5.97 Å². The molecule has 0 atom stereocenters. The van der Waals surface area contributed by atoms with Crippen molar-refractivity contribution in [3.63, 3.8) is 0 Å². The first-order valence-corrected chi connectivity index (χ1v) is 5.01. The summed E-state index contributed by atoms with van der Waals surface area (Å²) in [5.41, 5.74) is 0. The first-order chi connectivity index (χ1) is 5.68. The first-order valence-electron chi connectivity index (χ1n) is 3.94. The van der Waals surface area contributed by atoms with Gasteiger partial charge in [0.1, 0.15) is 6.73 Å². The molecule has 0 aromatic carbocycles. The number of hydrogen-bond donors (Lipinski definition) is 1. The third kappa shape index (κ3) is 5.26. The van der Waals surface area contributed by atoms with Crippen LogP contribution in [-0.4, -0.2) is 25.9 Å². The fourth-order valence-electron chi connectivity index (χ4n) is 0.808. The molecule has 74 valence electrons. The summed E-state index contributed by atoms with van der Waals surface area (Å²) in [5.74, 6) is -0.915. The highest BCUT2D eigenvalue weighted by Crippen LogP contribution is 2.13. The van der Waals surface area contributed by atoms with Crippen molar-refractivity contribution in [3.8, 4) is 0 Å². The molecule has 5 heteroatoms. The summed E-state index contributed by atoms with van der Waals surface area (Å²) >= 11 is 2.00. The van der Waals surface area contributed by atoms with Gasteiger partial charge in [-0.15, -0.1) is 0 Å². The summed E-state index contributed by atoms with van der Waals surface area (Å²) < 4.78 is 18.7. The molecule has 0 fully saturated rings. The highest BCUT2D eigenvalue weighted by molar-refractivity contribution is 14.1. The maximum Gasteiger partial charge on any atom is 0.281 e. The lowest BCUT2D eigenvalue weighted by atomic mass is 10.6. The molecule has 0 bridgehead atoms. The predicted octanol–water partition coefficient (Wildman–Crippen LogP) is 1.65. The van der Waals surface area contributed by atoms with Crippen LogP contribution in [0, 0.1) is 0 Å². The minimum Gasteiger partial charge on any atom is -0.328 e. The van der Waals surface area contributed by atoms with Crippen LogP contribution in [0.4, 0.5) is 0 Å². The molecule has 0 unspecified atom stereocenters. The molecule has 0 amide bonds. The van der Waals surface area contributed by atoms with E-state index in [0.717, 1.165) is 0 Å². The molecule has 0 aliphatic carbocycles. The minimum absolute atomic E-state index is 0.400. The molecule has 0 saturated heterocycles. The lowest BCUT2D eigenvalue weighted by molar-refractivity contribution is -0.367. The number of ether oxygens (including phenoxy) is 3. The van der Waals surface area contributed by atoms with Crippen molar-refractivity contribution in [1.29, 1.82) is 0 Å². The third-order valence-corrected chi connectivity index (χ3v) is 1.51. The van der Waals surface area contributed by atoms with Crippen molar-refractivity contribution < 1.29 is 14.2 Å². The van der Waals surface area contributed by atoms with Crippen LogP contribution in [-0.2, 0) is 14.2 Å². The quantitative estimate of drug-likeness (QED) is 0.439. The van der Waals surface area contributed by atoms with Crippen molar-refractivity contribution >= 4 is 22.9 Å². The largest absolute Gasteiger partial charge is 0.328 e. The van der Waals surface area contributed by atoms with E-state index in [1.54, 1.807) is 6.92 Å². The Hall–Kier alpha value is 0.570. The second-order valence-electron chi connectivity index (χ2n) is 2.15. The van der Waals surface area contributed by atoms with E-state index in [-0.39, 0.29) is 0 Å². The van der Waals surface area contributed by atoms with E-state index < -0.39 is 5.97 Å². The topological polar surface area (TPSA) is 39.7 Å². The second kappa shape index (κ2) is 7.02. The Morgan fingerprint density at radius 3 is 2.00 bits per heavy atom. The van der Waals surface area contributed by atoms with Crippen LogP contribution in [0.15, 0.2) is 0 Å². The highest BCUT2D eigenvalue weighted by atomic mass is 127. The van der Waals surface area contributed by atoms with Crippen LogP contribution >= 0.6 is 22.9 Å². The molecule has 0 heterocycles. The Balaban J connectivity index is 3.80. The molecule has 0 aliphatic heterocycles. The number of nitrogens with one attached hydrogen (secondary N) is 1. The van der Waals surface area contributed by atoms with Crippen molar-refractivity contribution in [3.05, 3.63) is 0 Å². The van der Waals surface area contributed by atoms with E-state index in [1.165, 1.54) is 0 Å². The standard InChI is InChI=1S/C7H16INO3/c1-4-10-7(3,11-5-2)12-6-9-8/h9H,4-6H2,1-3H3. The maximum absolute atomic E-state index is 5.30. The monoisotopic (exact) mass is 289 g/mol. The van der Waals surface area contributed by atoms with E-state index in [1.807, 2.05) is 36.7 Å². The lowest BCUT2D eigenvalue weighted by Crippen LogP contribution is -2.37. The normalized spacial score (nSPS) is 12.0. The summed E-state index contributed by atoms with van der Waals surface area (Å²) in [6.45, 7) is 7.09. The summed E-state index contributed by atoms with van der Waals surface area (Å²) in [4.78, 5) is 0. The summed E-state index contributed by atoms with van der Waals surface area (Å²) in [6.07, 6.45) is 0. The zero-order valence-electron chi connectivity index (χ0n) is 7.72. The van der Waals surface area contributed by atoms with Gasteiger partial charge >= 0.3 is 0 Å². The molecule has 0 radical (unpaired) electrons. The van der Waals surface area contributed by atoms with E-state index in [0.29, 0.717) is 19.9 Å². The van der Waals surface area contributed by atoms with Crippen molar-refractivity contribution in [2.24, 2.45) is 0 Å². The van der Waals surface area contributed by atoms with Gasteiger partial charge in [0.15, 0.2) is 0 Å². The van der Waals surface area contributed by atoms with Crippen LogP contribution in [0.25, 0.3) is 0 Å². The van der Waals surface area contributed by atoms with E-state index in [9.17, 15) is 0 Å². The van der Waals surface area contributed by atoms with Gasteiger partial charge in [-0.3, -0.25) is 0 Å². The van der Waals surface area contributed by atoms with Crippen LogP contribution in [0.2, 0.25) is 0 Å². The molecule has 0 aromatic rings. The Labute approximate surface area is 87.4 Å². The van der Waals surface area contributed by atoms with Crippen LogP contribution in [0.5, 0.6) is 0 Å². The lowest BCUT2D eigenvalue weighted by Gasteiger charge is -2.28. The zero-order valence-corrected chi connectivity index (χ0v) is 9.88. The predicted molar refractivity (Wildman–Crippen MR) is 54.8 cm³/mol. The van der Waals surface area contributed by atoms with Gasteiger partial charge in [-0.05, 0) is 13.8 Å². The number of rotatable bonds is 7. The average Bonchev–Trinajstić information content (AvgIpc) is 2.02. The van der Waals surface area contributed by atoms with Gasteiger partial charge in [0, 0.05) is 43.0 Å². The van der Waals surface area contributed by atoms with Gasteiger partial charge in [-0.2, -0.15) is 0 Å². The van der Waals surface area contributed by atoms with E-state index in [4.69, 9.17) is 14.2 Å². The molecular formula is C7H16INO3. The summed E-state index contributed by atoms with van der Waals surface area (Å²) in [5, 5.41) is 0. The number of halogens is 1. The molecule has 1 N–H and O–H groups in total. The second-order valence-corrected chi connectivity index (χ2v) is 2.91. The zero-order chi connectivity index (χ0) is 9.45. The van der Waals surface area contributed by atoms with Crippen LogP contribution < -0.4 is 3.53 Å². The van der Waals surface area contributed by atoms with Crippen molar-refractivity contribution in [1.82, 2.24) is 3.53 Å². The molecule has 12 heavy (non-hydrogen) atoms. The highest BCUT2D eigenvalue weighted by Gasteiger charge is 2.25. The molecular weight excluding hydrogens is 273 g/mol. The average molecular weight is 289 g/mol. The minimum atomic E-state index is -0.915. The van der Waals surface area contributed by atoms with Gasteiger partial charge in [0.2, 0.25) is 0 Å². The number of hydrogen-bond acceptors (Lipinski definition) is 4. The first kappa shape index (κ1) is 12.6. The molecule has 0 aliphatic rings. The van der Waals surface area contributed by atoms with Crippen molar-refractivity contribution in [2.75, 3.05) is 19.9 Å². The summed E-state index contributed by atoms with van der Waals surface area (Å²) in [6, 6.07) is 0. The van der Waals surface area contributed by atoms with E-state index >= 15 is 0 Å². The van der Waals surface area contributed by atoms with Crippen LogP contribution in [0.1, 0.15) is 20.8 Å². The molecule has 0 aromatic heterocycles. The fourth-order valence-corrected chi connectivity index (χ4v) is 0.963. The Kier molecular flexibility index (Phi) is 7.35. The Morgan fingerprint density at radius 2 is 1.67 bits per heavy atom. The smallest absolute Gasteiger partial charge is 0.281 e. The molecule has 4 nitrogen and oxygen atoms in total. The molecule has 0 spiro atoms. The van der Waals surface area contributed by atoms with E-state index in [2.05, 4.69) is 3.53 Å². The fraction of sp³-hybridized carbons (Fsp3) is 1.00. The third-order valence-electron chi connectivity index (χ3n) is 1.20. The summed E-state index contributed by atoms with van der Waals surface area (Å²) in [7, 11) is 0. The van der Waals surface area contributed by atoms with Gasteiger partial charge in [0.05, 0.1) is 0 Å². The van der Waals surface area contributed by atoms with Crippen molar-refractivity contribution in [2.45, 2.75) is 26.7 Å². The Bertz CT molecular complexity index is 107. The van der Waals surface area contributed by atoms with Gasteiger partial charge < -0.3 is 14.2 Å².